The van der Waals surface area contributed by atoms with Gasteiger partial charge in [0.15, 0.2) is 0 Å². The van der Waals surface area contributed by atoms with Crippen LogP contribution >= 0.6 is 0 Å². The molecule has 0 radical (unpaired) electrons. The zero-order chi connectivity index (χ0) is 10.1. The Balaban J connectivity index is 2.29. The third kappa shape index (κ3) is 1.50. The molecule has 78 valence electrons. The summed E-state index contributed by atoms with van der Waals surface area (Å²) in [7, 11) is 1.89. The lowest BCUT2D eigenvalue weighted by atomic mass is 9.91. The molecule has 1 saturated heterocycles. The highest BCUT2D eigenvalue weighted by molar-refractivity contribution is 5.45. The van der Waals surface area contributed by atoms with E-state index in [0.717, 1.165) is 37.6 Å². The van der Waals surface area contributed by atoms with Gasteiger partial charge in [-0.05, 0) is 25.7 Å². The van der Waals surface area contributed by atoms with Gasteiger partial charge >= 0.3 is 0 Å². The molecule has 1 fully saturated rings. The van der Waals surface area contributed by atoms with Crippen LogP contribution in [-0.4, -0.2) is 23.0 Å². The number of nitrogens with zero attached hydrogens (tertiary/aromatic N) is 2. The van der Waals surface area contributed by atoms with Gasteiger partial charge < -0.3 is 10.5 Å². The van der Waals surface area contributed by atoms with Gasteiger partial charge in [0, 0.05) is 25.8 Å². The lowest BCUT2D eigenvalue weighted by Crippen LogP contribution is -2.15. The van der Waals surface area contributed by atoms with Gasteiger partial charge in [0.05, 0.1) is 5.69 Å². The lowest BCUT2D eigenvalue weighted by Gasteiger charge is -2.22. The van der Waals surface area contributed by atoms with E-state index in [4.69, 9.17) is 10.5 Å². The van der Waals surface area contributed by atoms with Crippen LogP contribution in [-0.2, 0) is 11.8 Å². The number of ether oxygens (including phenoxy) is 1. The maximum atomic E-state index is 5.99. The van der Waals surface area contributed by atoms with Crippen LogP contribution < -0.4 is 5.73 Å². The summed E-state index contributed by atoms with van der Waals surface area (Å²) in [5.41, 5.74) is 8.29. The van der Waals surface area contributed by atoms with E-state index in [2.05, 4.69) is 5.10 Å². The molecule has 4 heteroatoms. The topological polar surface area (TPSA) is 53.1 Å². The Hall–Kier alpha value is -1.03. The predicted octanol–water partition coefficient (Wildman–Crippen LogP) is 1.20. The van der Waals surface area contributed by atoms with Gasteiger partial charge in [-0.3, -0.25) is 4.68 Å². The molecule has 14 heavy (non-hydrogen) atoms. The number of rotatable bonds is 1. The number of nitrogen functional groups attached to an aromatic ring is 1. The van der Waals surface area contributed by atoms with E-state index in [1.165, 1.54) is 5.56 Å². The monoisotopic (exact) mass is 195 g/mol. The lowest BCUT2D eigenvalue weighted by molar-refractivity contribution is 0.0853. The van der Waals surface area contributed by atoms with E-state index in [-0.39, 0.29) is 0 Å². The third-order valence-electron chi connectivity index (χ3n) is 2.94. The molecule has 0 spiro atoms. The summed E-state index contributed by atoms with van der Waals surface area (Å²) in [5, 5.41) is 4.34. The number of anilines is 1. The summed E-state index contributed by atoms with van der Waals surface area (Å²) in [6.45, 7) is 3.72. The van der Waals surface area contributed by atoms with Crippen molar-refractivity contribution in [2.75, 3.05) is 18.9 Å². The van der Waals surface area contributed by atoms with Gasteiger partial charge in [-0.15, -0.1) is 0 Å². The molecule has 0 aromatic carbocycles. The Bertz CT molecular complexity index is 326. The van der Waals surface area contributed by atoms with Gasteiger partial charge in [-0.2, -0.15) is 5.10 Å². The number of aromatic nitrogens is 2. The third-order valence-corrected chi connectivity index (χ3v) is 2.94. The van der Waals surface area contributed by atoms with Crippen LogP contribution in [0.2, 0.25) is 0 Å². The Kier molecular flexibility index (Phi) is 2.46. The zero-order valence-corrected chi connectivity index (χ0v) is 8.79. The number of aryl methyl sites for hydroxylation is 2. The summed E-state index contributed by atoms with van der Waals surface area (Å²) in [5.74, 6) is 1.35. The predicted molar refractivity (Wildman–Crippen MR) is 55.2 cm³/mol. The highest BCUT2D eigenvalue weighted by atomic mass is 16.5. The Morgan fingerprint density at radius 2 is 2.07 bits per heavy atom. The van der Waals surface area contributed by atoms with Crippen LogP contribution in [0.1, 0.15) is 30.0 Å². The average molecular weight is 195 g/mol. The maximum Gasteiger partial charge on any atom is 0.125 e. The highest BCUT2D eigenvalue weighted by Crippen LogP contribution is 2.32. The molecule has 2 rings (SSSR count). The van der Waals surface area contributed by atoms with E-state index in [1.807, 2.05) is 14.0 Å². The summed E-state index contributed by atoms with van der Waals surface area (Å²) in [6.07, 6.45) is 2.13. The number of hydrogen-bond donors (Lipinski definition) is 1. The molecule has 0 unspecified atom stereocenters. The minimum Gasteiger partial charge on any atom is -0.384 e. The molecule has 0 aliphatic carbocycles. The molecule has 0 saturated carbocycles. The number of nitrogens with two attached hydrogens (primary N) is 1. The van der Waals surface area contributed by atoms with Gasteiger partial charge in [-0.25, -0.2) is 0 Å². The molecule has 0 atom stereocenters. The molecule has 1 aromatic rings. The van der Waals surface area contributed by atoms with Crippen molar-refractivity contribution in [3.63, 3.8) is 0 Å². The fraction of sp³-hybridized carbons (Fsp3) is 0.700. The van der Waals surface area contributed by atoms with Crippen LogP contribution in [0.25, 0.3) is 0 Å². The van der Waals surface area contributed by atoms with Crippen LogP contribution in [0.3, 0.4) is 0 Å². The van der Waals surface area contributed by atoms with Crippen molar-refractivity contribution >= 4 is 5.82 Å². The van der Waals surface area contributed by atoms with E-state index in [1.54, 1.807) is 4.68 Å². The molecule has 1 aliphatic heterocycles. The first-order valence-corrected chi connectivity index (χ1v) is 5.07. The van der Waals surface area contributed by atoms with E-state index < -0.39 is 0 Å². The van der Waals surface area contributed by atoms with Crippen molar-refractivity contribution in [3.05, 3.63) is 11.3 Å². The zero-order valence-electron chi connectivity index (χ0n) is 8.79. The molecular formula is C10H17N3O. The summed E-state index contributed by atoms with van der Waals surface area (Å²) in [4.78, 5) is 0. The summed E-state index contributed by atoms with van der Waals surface area (Å²) in [6, 6.07) is 0. The van der Waals surface area contributed by atoms with Gasteiger partial charge in [0.1, 0.15) is 5.82 Å². The van der Waals surface area contributed by atoms with Crippen molar-refractivity contribution in [2.24, 2.45) is 7.05 Å². The quantitative estimate of drug-likeness (QED) is 0.732. The standard InChI is InChI=1S/C10H17N3O/c1-7-9(10(11)13(2)12-7)8-3-5-14-6-4-8/h8H,3-6,11H2,1-2H3. The van der Waals surface area contributed by atoms with Crippen LogP contribution in [0.5, 0.6) is 0 Å². The molecule has 2 N–H and O–H groups in total. The van der Waals surface area contributed by atoms with E-state index in [0.29, 0.717) is 5.92 Å². The van der Waals surface area contributed by atoms with Crippen LogP contribution in [0.4, 0.5) is 5.82 Å². The van der Waals surface area contributed by atoms with Crippen LogP contribution in [0, 0.1) is 6.92 Å². The van der Waals surface area contributed by atoms with Crippen molar-refractivity contribution in [1.29, 1.82) is 0 Å². The first-order chi connectivity index (χ1) is 6.70. The first-order valence-electron chi connectivity index (χ1n) is 5.07. The normalized spacial score (nSPS) is 18.7. The van der Waals surface area contributed by atoms with Gasteiger partial charge in [0.25, 0.3) is 0 Å². The smallest absolute Gasteiger partial charge is 0.125 e. The van der Waals surface area contributed by atoms with E-state index >= 15 is 0 Å². The minimum absolute atomic E-state index is 0.539. The Labute approximate surface area is 84.0 Å². The molecule has 4 nitrogen and oxygen atoms in total. The second-order valence-electron chi connectivity index (χ2n) is 3.89. The summed E-state index contributed by atoms with van der Waals surface area (Å²) < 4.78 is 7.10. The van der Waals surface area contributed by atoms with Gasteiger partial charge in [-0.1, -0.05) is 0 Å². The molecule has 1 aromatic heterocycles. The fourth-order valence-electron chi connectivity index (χ4n) is 2.18. The van der Waals surface area contributed by atoms with Crippen molar-refractivity contribution in [3.8, 4) is 0 Å². The molecular weight excluding hydrogens is 178 g/mol. The molecule has 0 amide bonds. The second-order valence-corrected chi connectivity index (χ2v) is 3.89. The number of hydrogen-bond acceptors (Lipinski definition) is 3. The van der Waals surface area contributed by atoms with Crippen LogP contribution in [0.15, 0.2) is 0 Å². The fourth-order valence-corrected chi connectivity index (χ4v) is 2.18. The average Bonchev–Trinajstić information content (AvgIpc) is 2.43. The molecule has 2 heterocycles. The first kappa shape index (κ1) is 9.52. The molecule has 0 bridgehead atoms. The highest BCUT2D eigenvalue weighted by Gasteiger charge is 2.22. The van der Waals surface area contributed by atoms with Gasteiger partial charge in [0.2, 0.25) is 0 Å². The second kappa shape index (κ2) is 3.61. The maximum absolute atomic E-state index is 5.99. The SMILES string of the molecule is Cc1nn(C)c(N)c1C1CCOCC1. The van der Waals surface area contributed by atoms with Crippen molar-refractivity contribution < 1.29 is 4.74 Å². The summed E-state index contributed by atoms with van der Waals surface area (Å²) >= 11 is 0. The Morgan fingerprint density at radius 3 is 2.57 bits per heavy atom. The van der Waals surface area contributed by atoms with Crippen molar-refractivity contribution in [2.45, 2.75) is 25.7 Å². The largest absolute Gasteiger partial charge is 0.384 e. The van der Waals surface area contributed by atoms with Crippen molar-refractivity contribution in [1.82, 2.24) is 9.78 Å². The van der Waals surface area contributed by atoms with E-state index in [9.17, 15) is 0 Å². The Morgan fingerprint density at radius 1 is 1.43 bits per heavy atom. The molecule has 1 aliphatic rings. The minimum atomic E-state index is 0.539.